The van der Waals surface area contributed by atoms with Gasteiger partial charge in [-0.05, 0) is 52.9 Å². The Balaban J connectivity index is 2.02. The molecule has 0 atom stereocenters. The minimum absolute atomic E-state index is 0.108. The van der Waals surface area contributed by atoms with Crippen molar-refractivity contribution in [1.29, 1.82) is 0 Å². The number of rotatable bonds is 6. The first-order chi connectivity index (χ1) is 18.5. The van der Waals surface area contributed by atoms with Gasteiger partial charge in [-0.2, -0.15) is 13.2 Å². The van der Waals surface area contributed by atoms with Crippen molar-refractivity contribution in [2.45, 2.75) is 45.3 Å². The maximum absolute atomic E-state index is 13.8. The van der Waals surface area contributed by atoms with Crippen molar-refractivity contribution in [1.82, 2.24) is 0 Å². The molecule has 0 saturated heterocycles. The van der Waals surface area contributed by atoms with E-state index < -0.39 is 35.7 Å². The monoisotopic (exact) mass is 569 g/mol. The number of alkyl halides is 6. The van der Waals surface area contributed by atoms with Crippen LogP contribution >= 0.6 is 0 Å². The summed E-state index contributed by atoms with van der Waals surface area (Å²) in [6, 6.07) is 13.4. The van der Waals surface area contributed by atoms with Gasteiger partial charge in [-0.25, -0.2) is 4.79 Å². The molecule has 0 aliphatic rings. The Bertz CT molecular complexity index is 1340. The summed E-state index contributed by atoms with van der Waals surface area (Å²) >= 11 is 0. The fourth-order valence-corrected chi connectivity index (χ4v) is 3.58. The highest BCUT2D eigenvalue weighted by molar-refractivity contribution is 6.38. The van der Waals surface area contributed by atoms with Gasteiger partial charge >= 0.3 is 24.4 Å². The summed E-state index contributed by atoms with van der Waals surface area (Å²) in [4.78, 5) is 25.9. The number of carbonyl (C=O) groups is 2. The van der Waals surface area contributed by atoms with E-state index in [0.29, 0.717) is 17.7 Å². The van der Waals surface area contributed by atoms with Crippen LogP contribution in [0.5, 0.6) is 17.2 Å². The molecule has 214 valence electrons. The Morgan fingerprint density at radius 2 is 1.32 bits per heavy atom. The first-order valence-corrected chi connectivity index (χ1v) is 11.7. The van der Waals surface area contributed by atoms with Crippen molar-refractivity contribution < 1.29 is 50.1 Å². The van der Waals surface area contributed by atoms with Gasteiger partial charge in [-0.1, -0.05) is 45.0 Å². The van der Waals surface area contributed by atoms with E-state index in [1.165, 1.54) is 0 Å². The predicted molar refractivity (Wildman–Crippen MR) is 133 cm³/mol. The minimum atomic E-state index is -4.93. The molecule has 40 heavy (non-hydrogen) atoms. The van der Waals surface area contributed by atoms with Gasteiger partial charge in [0.25, 0.3) is 0 Å². The molecule has 0 aliphatic heterocycles. The number of esters is 1. The highest BCUT2D eigenvalue weighted by Crippen LogP contribution is 2.38. The number of carbonyl (C=O) groups excluding carboxylic acids is 2. The van der Waals surface area contributed by atoms with Crippen LogP contribution in [0, 0.1) is 0 Å². The molecular formula is C28H25F6NO5. The van der Waals surface area contributed by atoms with E-state index in [1.54, 1.807) is 12.1 Å². The summed E-state index contributed by atoms with van der Waals surface area (Å²) in [6.07, 6.45) is -9.80. The summed E-state index contributed by atoms with van der Waals surface area (Å²) in [7, 11) is 0.962. The van der Waals surface area contributed by atoms with Gasteiger partial charge in [0.05, 0.1) is 19.2 Å². The first-order valence-electron chi connectivity index (χ1n) is 11.7. The predicted octanol–water partition coefficient (Wildman–Crippen LogP) is 7.40. The molecule has 0 spiro atoms. The lowest BCUT2D eigenvalue weighted by atomic mass is 9.87. The Morgan fingerprint density at radius 3 is 1.82 bits per heavy atom. The van der Waals surface area contributed by atoms with Gasteiger partial charge in [-0.15, -0.1) is 13.2 Å². The number of methoxy groups -OCH3 is 1. The Hall–Kier alpha value is -4.22. The molecule has 0 N–H and O–H groups in total. The number of ether oxygens (including phenoxy) is 3. The average molecular weight is 569 g/mol. The van der Waals surface area contributed by atoms with Crippen LogP contribution in [0.25, 0.3) is 0 Å². The van der Waals surface area contributed by atoms with Gasteiger partial charge in [0.1, 0.15) is 17.2 Å². The molecule has 0 fully saturated rings. The van der Waals surface area contributed by atoms with E-state index >= 15 is 0 Å². The highest BCUT2D eigenvalue weighted by Gasteiger charge is 2.34. The van der Waals surface area contributed by atoms with Crippen LogP contribution in [0.2, 0.25) is 0 Å². The standard InChI is InChI=1S/C28H25F6NO5/c1-26(2,3)18-7-5-17(6-8-18)16-35(24(36)25(37)38-4)20-13-19(27(29,30)31)14-23(15-20)39-21-9-11-22(12-10-21)40-28(32,33)34/h5-15H,16H2,1-4H3. The molecule has 3 rings (SSSR count). The molecule has 1 amide bonds. The fraction of sp³-hybridized carbons (Fsp3) is 0.286. The maximum Gasteiger partial charge on any atom is 0.573 e. The number of amides is 1. The third-order valence-corrected chi connectivity index (χ3v) is 5.59. The van der Waals surface area contributed by atoms with Crippen molar-refractivity contribution in [3.05, 3.63) is 83.4 Å². The second kappa shape index (κ2) is 11.5. The Kier molecular flexibility index (Phi) is 8.71. The van der Waals surface area contributed by atoms with Crippen LogP contribution in [0.4, 0.5) is 32.0 Å². The van der Waals surface area contributed by atoms with Crippen molar-refractivity contribution >= 4 is 17.6 Å². The van der Waals surface area contributed by atoms with Gasteiger partial charge < -0.3 is 14.2 Å². The summed E-state index contributed by atoms with van der Waals surface area (Å²) < 4.78 is 92.4. The Morgan fingerprint density at radius 1 is 0.750 bits per heavy atom. The normalized spacial score (nSPS) is 12.1. The molecule has 3 aromatic carbocycles. The zero-order valence-electron chi connectivity index (χ0n) is 21.8. The molecular weight excluding hydrogens is 544 g/mol. The van der Waals surface area contributed by atoms with Crippen LogP contribution < -0.4 is 14.4 Å². The summed E-state index contributed by atoms with van der Waals surface area (Å²) in [5.41, 5.74) is -0.196. The lowest BCUT2D eigenvalue weighted by molar-refractivity contribution is -0.274. The lowest BCUT2D eigenvalue weighted by Crippen LogP contribution is -2.37. The van der Waals surface area contributed by atoms with E-state index in [-0.39, 0.29) is 29.1 Å². The van der Waals surface area contributed by atoms with Crippen molar-refractivity contribution in [3.63, 3.8) is 0 Å². The molecule has 0 heterocycles. The van der Waals surface area contributed by atoms with E-state index in [1.807, 2.05) is 32.9 Å². The third kappa shape index (κ3) is 8.14. The molecule has 0 radical (unpaired) electrons. The quantitative estimate of drug-likeness (QED) is 0.176. The molecule has 0 saturated carbocycles. The molecule has 0 aromatic heterocycles. The number of anilines is 1. The number of benzene rings is 3. The van der Waals surface area contributed by atoms with Crippen molar-refractivity contribution in [2.24, 2.45) is 0 Å². The second-order valence-electron chi connectivity index (χ2n) is 9.66. The van der Waals surface area contributed by atoms with Gasteiger partial charge in [0, 0.05) is 11.8 Å². The Labute approximate surface area is 226 Å². The SMILES string of the molecule is COC(=O)C(=O)N(Cc1ccc(C(C)(C)C)cc1)c1cc(Oc2ccc(OC(F)(F)F)cc2)cc(C(F)(F)F)c1. The summed E-state index contributed by atoms with van der Waals surface area (Å²) in [6.45, 7) is 5.71. The largest absolute Gasteiger partial charge is 0.573 e. The molecule has 0 bridgehead atoms. The molecule has 0 unspecified atom stereocenters. The molecule has 6 nitrogen and oxygen atoms in total. The zero-order valence-corrected chi connectivity index (χ0v) is 21.8. The highest BCUT2D eigenvalue weighted by atomic mass is 19.4. The fourth-order valence-electron chi connectivity index (χ4n) is 3.58. The van der Waals surface area contributed by atoms with E-state index in [9.17, 15) is 35.9 Å². The van der Waals surface area contributed by atoms with Crippen LogP contribution in [-0.2, 0) is 32.5 Å². The van der Waals surface area contributed by atoms with Crippen LogP contribution in [0.3, 0.4) is 0 Å². The van der Waals surface area contributed by atoms with Crippen LogP contribution in [0.1, 0.15) is 37.5 Å². The van der Waals surface area contributed by atoms with Crippen molar-refractivity contribution in [3.8, 4) is 17.2 Å². The van der Waals surface area contributed by atoms with E-state index in [2.05, 4.69) is 9.47 Å². The van der Waals surface area contributed by atoms with Crippen LogP contribution in [0.15, 0.2) is 66.7 Å². The molecule has 12 heteroatoms. The van der Waals surface area contributed by atoms with Crippen LogP contribution in [-0.4, -0.2) is 25.3 Å². The topological polar surface area (TPSA) is 65.1 Å². The molecule has 3 aromatic rings. The molecule has 0 aliphatic carbocycles. The summed E-state index contributed by atoms with van der Waals surface area (Å²) in [5.74, 6) is -3.58. The number of hydrogen-bond acceptors (Lipinski definition) is 5. The third-order valence-electron chi connectivity index (χ3n) is 5.59. The van der Waals surface area contributed by atoms with Gasteiger partial charge in [0.2, 0.25) is 0 Å². The number of hydrogen-bond donors (Lipinski definition) is 0. The first kappa shape index (κ1) is 30.3. The summed E-state index contributed by atoms with van der Waals surface area (Å²) in [5, 5.41) is 0. The second-order valence-corrected chi connectivity index (χ2v) is 9.66. The van der Waals surface area contributed by atoms with Gasteiger partial charge in [-0.3, -0.25) is 9.69 Å². The van der Waals surface area contributed by atoms with Crippen molar-refractivity contribution in [2.75, 3.05) is 12.0 Å². The number of nitrogens with zero attached hydrogens (tertiary/aromatic N) is 1. The van der Waals surface area contributed by atoms with E-state index in [0.717, 1.165) is 47.9 Å². The maximum atomic E-state index is 13.8. The zero-order chi connectivity index (χ0) is 29.9. The number of halogens is 6. The average Bonchev–Trinajstić information content (AvgIpc) is 2.85. The van der Waals surface area contributed by atoms with E-state index in [4.69, 9.17) is 4.74 Å². The van der Waals surface area contributed by atoms with Gasteiger partial charge in [0.15, 0.2) is 0 Å². The lowest BCUT2D eigenvalue weighted by Gasteiger charge is -2.24. The minimum Gasteiger partial charge on any atom is -0.462 e. The smallest absolute Gasteiger partial charge is 0.462 e.